The van der Waals surface area contributed by atoms with Gasteiger partial charge in [-0.3, -0.25) is 0 Å². The first kappa shape index (κ1) is 16.4. The summed E-state index contributed by atoms with van der Waals surface area (Å²) in [5.74, 6) is 1.64. The smallest absolute Gasteiger partial charge is 0.204 e. The van der Waals surface area contributed by atoms with Crippen molar-refractivity contribution in [2.24, 2.45) is 0 Å². The lowest BCUT2D eigenvalue weighted by molar-refractivity contribution is 0.430. The van der Waals surface area contributed by atoms with Crippen LogP contribution in [0.25, 0.3) is 21.8 Å². The van der Waals surface area contributed by atoms with E-state index in [-0.39, 0.29) is 5.82 Å². The van der Waals surface area contributed by atoms with Crippen LogP contribution in [0.4, 0.5) is 10.2 Å². The van der Waals surface area contributed by atoms with Crippen LogP contribution in [-0.2, 0) is 19.4 Å². The van der Waals surface area contributed by atoms with Gasteiger partial charge < -0.3 is 9.84 Å². The summed E-state index contributed by atoms with van der Waals surface area (Å²) in [6, 6.07) is 8.26. The average Bonchev–Trinajstić information content (AvgIpc) is 3.35. The quantitative estimate of drug-likeness (QED) is 0.541. The van der Waals surface area contributed by atoms with Gasteiger partial charge in [-0.2, -0.15) is 0 Å². The lowest BCUT2D eigenvalue weighted by Gasteiger charge is -2.13. The van der Waals surface area contributed by atoms with Crippen LogP contribution in [0.15, 0.2) is 41.1 Å². The molecule has 7 heteroatoms. The molecule has 4 aromatic rings. The molecule has 3 aromatic heterocycles. The number of aromatic nitrogens is 3. The Morgan fingerprint density at radius 1 is 1.07 bits per heavy atom. The van der Waals surface area contributed by atoms with Crippen LogP contribution in [0.2, 0.25) is 0 Å². The van der Waals surface area contributed by atoms with Crippen molar-refractivity contribution in [1.29, 1.82) is 0 Å². The summed E-state index contributed by atoms with van der Waals surface area (Å²) < 4.78 is 18.4. The number of fused-ring (bicyclic) bond motifs is 3. The largest absolute Gasteiger partial charge is 0.365 e. The molecule has 3 heterocycles. The van der Waals surface area contributed by atoms with Gasteiger partial charge in [0.15, 0.2) is 0 Å². The highest BCUT2D eigenvalue weighted by molar-refractivity contribution is 7.19. The Balaban J connectivity index is 1.59. The highest BCUT2D eigenvalue weighted by Crippen LogP contribution is 2.39. The zero-order valence-corrected chi connectivity index (χ0v) is 15.4. The molecule has 0 fully saturated rings. The molecular formula is C20H17FN4OS. The molecule has 0 unspecified atom stereocenters. The molecule has 136 valence electrons. The Kier molecular flexibility index (Phi) is 4.09. The van der Waals surface area contributed by atoms with Crippen molar-refractivity contribution in [3.05, 3.63) is 58.3 Å². The summed E-state index contributed by atoms with van der Waals surface area (Å²) in [7, 11) is 0. The summed E-state index contributed by atoms with van der Waals surface area (Å²) in [6.07, 6.45) is 6.17. The van der Waals surface area contributed by atoms with E-state index in [1.165, 1.54) is 35.4 Å². The minimum Gasteiger partial charge on any atom is -0.365 e. The van der Waals surface area contributed by atoms with Crippen molar-refractivity contribution in [3.63, 3.8) is 0 Å². The predicted octanol–water partition coefficient (Wildman–Crippen LogP) is 4.98. The van der Waals surface area contributed by atoms with Crippen LogP contribution in [0.1, 0.15) is 28.8 Å². The van der Waals surface area contributed by atoms with E-state index < -0.39 is 0 Å². The summed E-state index contributed by atoms with van der Waals surface area (Å²) in [5.41, 5.74) is 2.36. The maximum Gasteiger partial charge on any atom is 0.204 e. The van der Waals surface area contributed by atoms with E-state index in [0.29, 0.717) is 18.1 Å². The van der Waals surface area contributed by atoms with Crippen LogP contribution < -0.4 is 5.32 Å². The highest BCUT2D eigenvalue weighted by atomic mass is 32.1. The van der Waals surface area contributed by atoms with Gasteiger partial charge in [-0.25, -0.2) is 14.4 Å². The van der Waals surface area contributed by atoms with E-state index in [4.69, 9.17) is 14.5 Å². The number of hydrogen-bond donors (Lipinski definition) is 1. The fourth-order valence-electron chi connectivity index (χ4n) is 3.51. The fourth-order valence-corrected chi connectivity index (χ4v) is 4.78. The van der Waals surface area contributed by atoms with Crippen molar-refractivity contribution in [2.45, 2.75) is 32.2 Å². The number of benzene rings is 1. The second kappa shape index (κ2) is 6.74. The van der Waals surface area contributed by atoms with Gasteiger partial charge in [-0.15, -0.1) is 11.3 Å². The molecular weight excluding hydrogens is 363 g/mol. The Hall–Kier alpha value is -2.80. The monoisotopic (exact) mass is 380 g/mol. The summed E-state index contributed by atoms with van der Waals surface area (Å²) in [5, 5.41) is 8.31. The third-order valence-corrected chi connectivity index (χ3v) is 6.03. The van der Waals surface area contributed by atoms with E-state index in [9.17, 15) is 4.39 Å². The normalized spacial score (nSPS) is 13.7. The van der Waals surface area contributed by atoms with E-state index in [0.717, 1.165) is 34.4 Å². The van der Waals surface area contributed by atoms with Gasteiger partial charge in [-0.1, -0.05) is 17.3 Å². The molecule has 0 amide bonds. The van der Waals surface area contributed by atoms with Crippen LogP contribution in [0.3, 0.4) is 0 Å². The first-order valence-corrected chi connectivity index (χ1v) is 9.81. The zero-order chi connectivity index (χ0) is 18.2. The Labute approximate surface area is 159 Å². The zero-order valence-electron chi connectivity index (χ0n) is 14.5. The second-order valence-electron chi connectivity index (χ2n) is 6.64. The molecule has 27 heavy (non-hydrogen) atoms. The second-order valence-corrected chi connectivity index (χ2v) is 7.73. The molecule has 0 aliphatic heterocycles. The number of anilines is 1. The molecule has 0 saturated carbocycles. The van der Waals surface area contributed by atoms with Crippen LogP contribution >= 0.6 is 11.3 Å². The minimum atomic E-state index is -0.234. The number of nitrogens with zero attached hydrogens (tertiary/aromatic N) is 3. The number of nitrogens with one attached hydrogen (secondary N) is 1. The number of hydrogen-bond acceptors (Lipinski definition) is 6. The molecule has 1 aromatic carbocycles. The topological polar surface area (TPSA) is 63.8 Å². The van der Waals surface area contributed by atoms with Crippen molar-refractivity contribution in [2.75, 3.05) is 5.32 Å². The maximum atomic E-state index is 13.2. The fraction of sp³-hybridized carbons (Fsp3) is 0.250. The lowest BCUT2D eigenvalue weighted by Crippen LogP contribution is -2.05. The van der Waals surface area contributed by atoms with Gasteiger partial charge in [0.25, 0.3) is 0 Å². The number of thiophene rings is 1. The first-order chi connectivity index (χ1) is 13.3. The van der Waals surface area contributed by atoms with Gasteiger partial charge in [0.1, 0.15) is 16.5 Å². The van der Waals surface area contributed by atoms with Crippen LogP contribution in [0, 0.1) is 5.82 Å². The SMILES string of the molecule is Fc1ccc(CNc2nc(-c3ccno3)nc3sc4c(c23)CCCC4)cc1. The molecule has 0 spiro atoms. The third-order valence-electron chi connectivity index (χ3n) is 4.85. The molecule has 0 bridgehead atoms. The maximum absolute atomic E-state index is 13.2. The molecule has 1 N–H and O–H groups in total. The first-order valence-electron chi connectivity index (χ1n) is 8.99. The molecule has 0 radical (unpaired) electrons. The number of rotatable bonds is 4. The van der Waals surface area contributed by atoms with Gasteiger partial charge in [0.2, 0.25) is 11.6 Å². The minimum absolute atomic E-state index is 0.234. The molecule has 1 aliphatic rings. The molecule has 0 atom stereocenters. The highest BCUT2D eigenvalue weighted by Gasteiger charge is 2.22. The summed E-state index contributed by atoms with van der Waals surface area (Å²) in [4.78, 5) is 11.9. The van der Waals surface area contributed by atoms with Crippen LogP contribution in [-0.4, -0.2) is 15.1 Å². The number of halogens is 1. The van der Waals surface area contributed by atoms with Crippen LogP contribution in [0.5, 0.6) is 0 Å². The van der Waals surface area contributed by atoms with Crippen molar-refractivity contribution < 1.29 is 8.91 Å². The Bertz CT molecular complexity index is 1090. The van der Waals surface area contributed by atoms with E-state index in [2.05, 4.69) is 10.5 Å². The van der Waals surface area contributed by atoms with Crippen molar-refractivity contribution in [1.82, 2.24) is 15.1 Å². The third kappa shape index (κ3) is 3.08. The summed E-state index contributed by atoms with van der Waals surface area (Å²) in [6.45, 7) is 0.562. The Morgan fingerprint density at radius 2 is 1.93 bits per heavy atom. The van der Waals surface area contributed by atoms with E-state index in [1.807, 2.05) is 0 Å². The summed E-state index contributed by atoms with van der Waals surface area (Å²) >= 11 is 1.75. The van der Waals surface area contributed by atoms with Gasteiger partial charge >= 0.3 is 0 Å². The molecule has 5 rings (SSSR count). The predicted molar refractivity (Wildman–Crippen MR) is 103 cm³/mol. The van der Waals surface area contributed by atoms with E-state index >= 15 is 0 Å². The molecule has 0 saturated heterocycles. The van der Waals surface area contributed by atoms with Gasteiger partial charge in [0, 0.05) is 17.5 Å². The van der Waals surface area contributed by atoms with Gasteiger partial charge in [0.05, 0.1) is 11.6 Å². The Morgan fingerprint density at radius 3 is 2.74 bits per heavy atom. The van der Waals surface area contributed by atoms with Crippen molar-refractivity contribution >= 4 is 27.4 Å². The lowest BCUT2D eigenvalue weighted by atomic mass is 9.97. The molecule has 5 nitrogen and oxygen atoms in total. The molecule has 1 aliphatic carbocycles. The standard InChI is InChI=1S/C20H17FN4OS/c21-13-7-5-12(6-8-13)11-22-19-17-14-3-1-2-4-16(14)27-20(17)25-18(24-19)15-9-10-23-26-15/h5-10H,1-4,11H2,(H,22,24,25). The van der Waals surface area contributed by atoms with Crippen molar-refractivity contribution in [3.8, 4) is 11.6 Å². The average molecular weight is 380 g/mol. The van der Waals surface area contributed by atoms with E-state index in [1.54, 1.807) is 35.7 Å². The van der Waals surface area contributed by atoms with Gasteiger partial charge in [-0.05, 0) is 48.9 Å². The number of aryl methyl sites for hydroxylation is 2.